The Morgan fingerprint density at radius 1 is 1.12 bits per heavy atom. The first-order chi connectivity index (χ1) is 7.50. The first-order valence-electron chi connectivity index (χ1n) is 6.98. The average Bonchev–Trinajstić information content (AvgIpc) is 2.60. The number of aliphatic hydroxyl groups is 1. The Morgan fingerprint density at radius 3 is 2.06 bits per heavy atom. The number of unbranched alkanes of at least 4 members (excludes halogenated alkanes) is 3. The minimum atomic E-state index is -0.256. The Bertz CT molecular complexity index is 148. The largest absolute Gasteiger partial charge is 0.390 e. The van der Waals surface area contributed by atoms with Crippen LogP contribution in [0.15, 0.2) is 0 Å². The molecule has 1 saturated carbocycles. The van der Waals surface area contributed by atoms with Gasteiger partial charge in [0, 0.05) is 0 Å². The second-order valence-corrected chi connectivity index (χ2v) is 5.49. The van der Waals surface area contributed by atoms with E-state index in [2.05, 4.69) is 6.92 Å². The monoisotopic (exact) mass is 229 g/mol. The molecule has 0 aromatic carbocycles. The second-order valence-electron chi connectivity index (χ2n) is 5.49. The van der Waals surface area contributed by atoms with E-state index in [1.165, 1.54) is 38.5 Å². The van der Waals surface area contributed by atoms with E-state index in [1.807, 2.05) is 13.8 Å². The highest BCUT2D eigenvalue weighted by molar-refractivity contribution is 4.83. The summed E-state index contributed by atoms with van der Waals surface area (Å²) in [6, 6.07) is 0.333. The Hall–Kier alpha value is -0.0800. The smallest absolute Gasteiger partial charge is 0.0647 e. The van der Waals surface area contributed by atoms with Gasteiger partial charge in [-0.1, -0.05) is 59.3 Å². The second kappa shape index (κ2) is 9.00. The van der Waals surface area contributed by atoms with Crippen LogP contribution >= 0.6 is 0 Å². The zero-order valence-electron chi connectivity index (χ0n) is 11.5. The zero-order valence-corrected chi connectivity index (χ0v) is 11.5. The molecule has 2 nitrogen and oxygen atoms in total. The molecule has 2 heteroatoms. The molecule has 0 radical (unpaired) electrons. The maximum atomic E-state index is 9.99. The molecule has 0 atom stereocenters. The molecular weight excluding hydrogens is 198 g/mol. The SMILES string of the molecule is CC(C)N.CCCCCCC1(O)CCCC1. The van der Waals surface area contributed by atoms with Crippen molar-refractivity contribution in [3.8, 4) is 0 Å². The molecule has 98 valence electrons. The van der Waals surface area contributed by atoms with Crippen LogP contribution in [-0.2, 0) is 0 Å². The van der Waals surface area contributed by atoms with Crippen LogP contribution in [0.25, 0.3) is 0 Å². The minimum absolute atomic E-state index is 0.256. The predicted octanol–water partition coefficient (Wildman–Crippen LogP) is 3.62. The van der Waals surface area contributed by atoms with Crippen molar-refractivity contribution in [3.05, 3.63) is 0 Å². The van der Waals surface area contributed by atoms with E-state index in [0.717, 1.165) is 19.3 Å². The lowest BCUT2D eigenvalue weighted by Gasteiger charge is -2.21. The fraction of sp³-hybridized carbons (Fsp3) is 1.00. The highest BCUT2D eigenvalue weighted by Gasteiger charge is 2.29. The van der Waals surface area contributed by atoms with Gasteiger partial charge in [0.1, 0.15) is 0 Å². The van der Waals surface area contributed by atoms with E-state index in [1.54, 1.807) is 0 Å². The maximum Gasteiger partial charge on any atom is 0.0647 e. The molecule has 0 saturated heterocycles. The van der Waals surface area contributed by atoms with Crippen LogP contribution in [0, 0.1) is 0 Å². The Morgan fingerprint density at radius 2 is 1.62 bits per heavy atom. The Balaban J connectivity index is 0.000000487. The van der Waals surface area contributed by atoms with Crippen molar-refractivity contribution in [2.75, 3.05) is 0 Å². The van der Waals surface area contributed by atoms with Crippen molar-refractivity contribution >= 4 is 0 Å². The summed E-state index contributed by atoms with van der Waals surface area (Å²) in [6.45, 7) is 6.12. The van der Waals surface area contributed by atoms with Crippen LogP contribution < -0.4 is 5.73 Å². The van der Waals surface area contributed by atoms with E-state index in [4.69, 9.17) is 5.73 Å². The van der Waals surface area contributed by atoms with Crippen LogP contribution in [0.4, 0.5) is 0 Å². The van der Waals surface area contributed by atoms with Crippen LogP contribution in [-0.4, -0.2) is 16.7 Å². The molecule has 0 unspecified atom stereocenters. The minimum Gasteiger partial charge on any atom is -0.390 e. The lowest BCUT2D eigenvalue weighted by Crippen LogP contribution is -2.23. The van der Waals surface area contributed by atoms with Crippen molar-refractivity contribution < 1.29 is 5.11 Å². The summed E-state index contributed by atoms with van der Waals surface area (Å²) < 4.78 is 0. The van der Waals surface area contributed by atoms with Gasteiger partial charge >= 0.3 is 0 Å². The van der Waals surface area contributed by atoms with Gasteiger partial charge in [-0.05, 0) is 25.3 Å². The van der Waals surface area contributed by atoms with E-state index < -0.39 is 0 Å². The van der Waals surface area contributed by atoms with Crippen molar-refractivity contribution in [2.24, 2.45) is 5.73 Å². The van der Waals surface area contributed by atoms with Gasteiger partial charge in [0.25, 0.3) is 0 Å². The normalized spacial score (nSPS) is 18.4. The van der Waals surface area contributed by atoms with E-state index in [0.29, 0.717) is 6.04 Å². The molecular formula is C14H31NO. The Kier molecular flexibility index (Phi) is 8.96. The lowest BCUT2D eigenvalue weighted by atomic mass is 9.94. The highest BCUT2D eigenvalue weighted by atomic mass is 16.3. The van der Waals surface area contributed by atoms with Gasteiger partial charge in [-0.3, -0.25) is 0 Å². The third kappa shape index (κ3) is 9.17. The van der Waals surface area contributed by atoms with E-state index in [9.17, 15) is 5.11 Å². The molecule has 1 aliphatic rings. The van der Waals surface area contributed by atoms with Gasteiger partial charge in [-0.25, -0.2) is 0 Å². The summed E-state index contributed by atoms with van der Waals surface area (Å²) in [7, 11) is 0. The topological polar surface area (TPSA) is 46.2 Å². The van der Waals surface area contributed by atoms with Crippen LogP contribution in [0.1, 0.15) is 78.6 Å². The standard InChI is InChI=1S/C11H22O.C3H9N/c1-2-3-4-5-8-11(12)9-6-7-10-11;1-3(2)4/h12H,2-10H2,1H3;3H,4H2,1-2H3. The molecule has 0 heterocycles. The Labute approximate surface area is 102 Å². The van der Waals surface area contributed by atoms with Crippen LogP contribution in [0.5, 0.6) is 0 Å². The van der Waals surface area contributed by atoms with Gasteiger partial charge in [0.2, 0.25) is 0 Å². The molecule has 16 heavy (non-hydrogen) atoms. The van der Waals surface area contributed by atoms with E-state index >= 15 is 0 Å². The van der Waals surface area contributed by atoms with Crippen LogP contribution in [0.2, 0.25) is 0 Å². The zero-order chi connectivity index (χ0) is 12.4. The molecule has 1 fully saturated rings. The molecule has 0 amide bonds. The van der Waals surface area contributed by atoms with Gasteiger partial charge < -0.3 is 10.8 Å². The number of nitrogens with two attached hydrogens (primary N) is 1. The molecule has 0 aliphatic heterocycles. The third-order valence-corrected chi connectivity index (χ3v) is 3.03. The lowest BCUT2D eigenvalue weighted by molar-refractivity contribution is 0.0361. The van der Waals surface area contributed by atoms with Crippen molar-refractivity contribution in [3.63, 3.8) is 0 Å². The number of hydrogen-bond donors (Lipinski definition) is 2. The van der Waals surface area contributed by atoms with Crippen LogP contribution in [0.3, 0.4) is 0 Å². The molecule has 0 aromatic rings. The molecule has 1 aliphatic carbocycles. The summed E-state index contributed by atoms with van der Waals surface area (Å²) in [5.41, 5.74) is 4.85. The van der Waals surface area contributed by atoms with E-state index in [-0.39, 0.29) is 5.60 Å². The van der Waals surface area contributed by atoms with Gasteiger partial charge in [-0.15, -0.1) is 0 Å². The molecule has 1 rings (SSSR count). The van der Waals surface area contributed by atoms with Gasteiger partial charge in [0.05, 0.1) is 5.60 Å². The van der Waals surface area contributed by atoms with Gasteiger partial charge in [-0.2, -0.15) is 0 Å². The van der Waals surface area contributed by atoms with Crippen molar-refractivity contribution in [1.29, 1.82) is 0 Å². The number of rotatable bonds is 5. The first kappa shape index (κ1) is 15.9. The molecule has 3 N–H and O–H groups in total. The summed E-state index contributed by atoms with van der Waals surface area (Å²) in [6.07, 6.45) is 10.8. The van der Waals surface area contributed by atoms with Gasteiger partial charge in [0.15, 0.2) is 0 Å². The third-order valence-electron chi connectivity index (χ3n) is 3.03. The summed E-state index contributed by atoms with van der Waals surface area (Å²) in [5, 5.41) is 9.99. The molecule has 0 bridgehead atoms. The maximum absolute atomic E-state index is 9.99. The van der Waals surface area contributed by atoms with Crippen molar-refractivity contribution in [2.45, 2.75) is 90.2 Å². The molecule has 0 spiro atoms. The quantitative estimate of drug-likeness (QED) is 0.707. The summed E-state index contributed by atoms with van der Waals surface area (Å²) in [4.78, 5) is 0. The highest BCUT2D eigenvalue weighted by Crippen LogP contribution is 2.33. The summed E-state index contributed by atoms with van der Waals surface area (Å²) >= 11 is 0. The van der Waals surface area contributed by atoms with Crippen molar-refractivity contribution in [1.82, 2.24) is 0 Å². The predicted molar refractivity (Wildman–Crippen MR) is 71.5 cm³/mol. The molecule has 0 aromatic heterocycles. The summed E-state index contributed by atoms with van der Waals surface area (Å²) in [5.74, 6) is 0. The number of hydrogen-bond acceptors (Lipinski definition) is 2. The fourth-order valence-corrected chi connectivity index (χ4v) is 2.16. The first-order valence-corrected chi connectivity index (χ1v) is 6.98. The fourth-order valence-electron chi connectivity index (χ4n) is 2.16. The average molecular weight is 229 g/mol.